The van der Waals surface area contributed by atoms with Gasteiger partial charge in [-0.15, -0.1) is 0 Å². The fourth-order valence-corrected chi connectivity index (χ4v) is 1.83. The van der Waals surface area contributed by atoms with Crippen molar-refractivity contribution in [1.82, 2.24) is 10.2 Å². The average Bonchev–Trinajstić information content (AvgIpc) is 2.37. The van der Waals surface area contributed by atoms with E-state index in [0.717, 1.165) is 12.1 Å². The Morgan fingerprint density at radius 2 is 2.00 bits per heavy atom. The maximum Gasteiger partial charge on any atom is 0.254 e. The first-order chi connectivity index (χ1) is 9.02. The van der Waals surface area contributed by atoms with Gasteiger partial charge >= 0.3 is 0 Å². The van der Waals surface area contributed by atoms with Crippen molar-refractivity contribution in [1.29, 1.82) is 0 Å². The summed E-state index contributed by atoms with van der Waals surface area (Å²) in [4.78, 5) is 24.4. The van der Waals surface area contributed by atoms with Crippen LogP contribution >= 0.6 is 0 Å². The van der Waals surface area contributed by atoms with Crippen molar-refractivity contribution in [2.45, 2.75) is 0 Å². The second-order valence-corrected chi connectivity index (χ2v) is 4.04. The lowest BCUT2D eigenvalue weighted by Crippen LogP contribution is -2.50. The number of hydrogen-bond donors (Lipinski definition) is 3. The van der Waals surface area contributed by atoms with Gasteiger partial charge in [0.15, 0.2) is 11.6 Å². The standard InChI is InChI=1S/C11H12F2N4O2/c12-7-3-6(4-8(13)10(7)16-14)11(19)17-2-1-15-9(18)5-17/h3-4,16H,1-2,5,14H2,(H,15,18). The molecule has 1 heterocycles. The smallest absolute Gasteiger partial charge is 0.254 e. The van der Waals surface area contributed by atoms with Crippen LogP contribution in [0.4, 0.5) is 14.5 Å². The van der Waals surface area contributed by atoms with Gasteiger partial charge in [-0.2, -0.15) is 0 Å². The summed E-state index contributed by atoms with van der Waals surface area (Å²) in [6.07, 6.45) is 0. The van der Waals surface area contributed by atoms with Crippen LogP contribution in [0.25, 0.3) is 0 Å². The van der Waals surface area contributed by atoms with Gasteiger partial charge in [0.1, 0.15) is 5.69 Å². The van der Waals surface area contributed by atoms with E-state index in [1.165, 1.54) is 4.90 Å². The molecule has 0 atom stereocenters. The zero-order chi connectivity index (χ0) is 14.0. The molecular formula is C11H12F2N4O2. The number of nitrogens with one attached hydrogen (secondary N) is 2. The summed E-state index contributed by atoms with van der Waals surface area (Å²) in [5, 5.41) is 2.55. The summed E-state index contributed by atoms with van der Waals surface area (Å²) in [6.45, 7) is 0.488. The van der Waals surface area contributed by atoms with Crippen LogP contribution in [0.2, 0.25) is 0 Å². The van der Waals surface area contributed by atoms with E-state index in [1.807, 2.05) is 5.43 Å². The maximum atomic E-state index is 13.5. The molecule has 1 aromatic carbocycles. The fraction of sp³-hybridized carbons (Fsp3) is 0.273. The van der Waals surface area contributed by atoms with Crippen molar-refractivity contribution in [3.63, 3.8) is 0 Å². The molecule has 6 nitrogen and oxygen atoms in total. The lowest BCUT2D eigenvalue weighted by atomic mass is 10.1. The predicted octanol–water partition coefficient (Wildman–Crippen LogP) is -0.178. The first kappa shape index (κ1) is 13.2. The zero-order valence-electron chi connectivity index (χ0n) is 9.87. The molecule has 0 bridgehead atoms. The van der Waals surface area contributed by atoms with Gasteiger partial charge in [0.25, 0.3) is 5.91 Å². The lowest BCUT2D eigenvalue weighted by Gasteiger charge is -2.26. The Kier molecular flexibility index (Phi) is 3.61. The number of halogens is 2. The van der Waals surface area contributed by atoms with Crippen LogP contribution < -0.4 is 16.6 Å². The minimum atomic E-state index is -0.965. The second kappa shape index (κ2) is 5.19. The number of nitrogens with zero attached hydrogens (tertiary/aromatic N) is 1. The van der Waals surface area contributed by atoms with Gasteiger partial charge < -0.3 is 15.6 Å². The van der Waals surface area contributed by atoms with Crippen molar-refractivity contribution < 1.29 is 18.4 Å². The first-order valence-corrected chi connectivity index (χ1v) is 5.54. The summed E-state index contributed by atoms with van der Waals surface area (Å²) in [7, 11) is 0. The molecular weight excluding hydrogens is 258 g/mol. The SMILES string of the molecule is NNc1c(F)cc(C(=O)N2CCNC(=O)C2)cc1F. The number of carbonyl (C=O) groups is 2. The van der Waals surface area contributed by atoms with Gasteiger partial charge in [-0.1, -0.05) is 0 Å². The number of hydrogen-bond acceptors (Lipinski definition) is 4. The highest BCUT2D eigenvalue weighted by Gasteiger charge is 2.24. The molecule has 2 rings (SSSR count). The molecule has 1 aliphatic heterocycles. The van der Waals surface area contributed by atoms with E-state index in [1.54, 1.807) is 0 Å². The van der Waals surface area contributed by atoms with Crippen LogP contribution in [-0.4, -0.2) is 36.3 Å². The number of benzene rings is 1. The molecule has 1 aromatic rings. The predicted molar refractivity (Wildman–Crippen MR) is 63.1 cm³/mol. The van der Waals surface area contributed by atoms with Gasteiger partial charge in [0.2, 0.25) is 5.91 Å². The van der Waals surface area contributed by atoms with Crippen LogP contribution in [0.15, 0.2) is 12.1 Å². The van der Waals surface area contributed by atoms with E-state index in [9.17, 15) is 18.4 Å². The summed E-state index contributed by atoms with van der Waals surface area (Å²) < 4.78 is 27.0. The van der Waals surface area contributed by atoms with Crippen molar-refractivity contribution >= 4 is 17.5 Å². The normalized spacial score (nSPS) is 15.1. The minimum Gasteiger partial charge on any atom is -0.353 e. The van der Waals surface area contributed by atoms with E-state index >= 15 is 0 Å². The summed E-state index contributed by atoms with van der Waals surface area (Å²) in [5.74, 6) is 2.12. The molecule has 4 N–H and O–H groups in total. The molecule has 1 fully saturated rings. The molecule has 0 saturated carbocycles. The Labute approximate surface area is 107 Å². The fourth-order valence-electron chi connectivity index (χ4n) is 1.83. The number of rotatable bonds is 2. The first-order valence-electron chi connectivity index (χ1n) is 5.54. The van der Waals surface area contributed by atoms with Crippen molar-refractivity contribution in [2.24, 2.45) is 5.84 Å². The number of anilines is 1. The topological polar surface area (TPSA) is 87.5 Å². The average molecular weight is 270 g/mol. The van der Waals surface area contributed by atoms with Gasteiger partial charge in [0, 0.05) is 18.7 Å². The van der Waals surface area contributed by atoms with Gasteiger partial charge in [-0.3, -0.25) is 15.4 Å². The Morgan fingerprint density at radius 1 is 1.37 bits per heavy atom. The zero-order valence-corrected chi connectivity index (χ0v) is 9.87. The molecule has 0 unspecified atom stereocenters. The summed E-state index contributed by atoms with van der Waals surface area (Å²) in [5.41, 5.74) is 1.21. The molecule has 0 aliphatic carbocycles. The van der Waals surface area contributed by atoms with Crippen LogP contribution in [0.1, 0.15) is 10.4 Å². The van der Waals surface area contributed by atoms with Crippen LogP contribution in [0.3, 0.4) is 0 Å². The number of hydrazine groups is 1. The van der Waals surface area contributed by atoms with Gasteiger partial charge in [0.05, 0.1) is 6.54 Å². The third-order valence-corrected chi connectivity index (χ3v) is 2.76. The van der Waals surface area contributed by atoms with Crippen LogP contribution in [0.5, 0.6) is 0 Å². The molecule has 8 heteroatoms. The highest BCUT2D eigenvalue weighted by Crippen LogP contribution is 2.20. The lowest BCUT2D eigenvalue weighted by molar-refractivity contribution is -0.123. The van der Waals surface area contributed by atoms with E-state index in [2.05, 4.69) is 5.32 Å². The van der Waals surface area contributed by atoms with Gasteiger partial charge in [-0.25, -0.2) is 8.78 Å². The van der Waals surface area contributed by atoms with Crippen molar-refractivity contribution in [2.75, 3.05) is 25.1 Å². The summed E-state index contributed by atoms with van der Waals surface area (Å²) >= 11 is 0. The molecule has 1 saturated heterocycles. The molecule has 102 valence electrons. The van der Waals surface area contributed by atoms with Crippen molar-refractivity contribution in [3.8, 4) is 0 Å². The Morgan fingerprint density at radius 3 is 2.53 bits per heavy atom. The number of nitrogens with two attached hydrogens (primary N) is 1. The van der Waals surface area contributed by atoms with E-state index < -0.39 is 23.2 Å². The quantitative estimate of drug-likeness (QED) is 0.514. The molecule has 1 aliphatic rings. The monoisotopic (exact) mass is 270 g/mol. The van der Waals surface area contributed by atoms with E-state index in [0.29, 0.717) is 13.1 Å². The van der Waals surface area contributed by atoms with E-state index in [-0.39, 0.29) is 18.0 Å². The molecule has 0 spiro atoms. The van der Waals surface area contributed by atoms with Gasteiger partial charge in [-0.05, 0) is 12.1 Å². The highest BCUT2D eigenvalue weighted by atomic mass is 19.1. The van der Waals surface area contributed by atoms with Crippen LogP contribution in [0, 0.1) is 11.6 Å². The van der Waals surface area contributed by atoms with Crippen LogP contribution in [-0.2, 0) is 4.79 Å². The maximum absolute atomic E-state index is 13.5. The Hall–Kier alpha value is -2.22. The number of nitrogen functional groups attached to an aromatic ring is 1. The number of carbonyl (C=O) groups excluding carboxylic acids is 2. The largest absolute Gasteiger partial charge is 0.353 e. The molecule has 0 radical (unpaired) electrons. The third-order valence-electron chi connectivity index (χ3n) is 2.76. The second-order valence-electron chi connectivity index (χ2n) is 4.04. The third kappa shape index (κ3) is 2.63. The Balaban J connectivity index is 2.26. The number of amides is 2. The minimum absolute atomic E-state index is 0.126. The Bertz CT molecular complexity index is 512. The van der Waals surface area contributed by atoms with E-state index in [4.69, 9.17) is 5.84 Å². The molecule has 0 aromatic heterocycles. The molecule has 2 amide bonds. The number of piperazine rings is 1. The summed E-state index contributed by atoms with van der Waals surface area (Å²) in [6, 6.07) is 1.76. The highest BCUT2D eigenvalue weighted by molar-refractivity contribution is 5.97. The van der Waals surface area contributed by atoms with Crippen molar-refractivity contribution in [3.05, 3.63) is 29.3 Å². The molecule has 19 heavy (non-hydrogen) atoms.